The molecule has 0 aliphatic carbocycles. The number of benzene rings is 1. The molecule has 31 heavy (non-hydrogen) atoms. The van der Waals surface area contributed by atoms with Gasteiger partial charge in [0.05, 0.1) is 30.3 Å². The molecule has 2 aliphatic heterocycles. The molecule has 2 aromatic rings. The molecule has 1 unspecified atom stereocenters. The Kier molecular flexibility index (Phi) is 8.12. The molecule has 2 N–H and O–H groups in total. The first kappa shape index (κ1) is 24.2. The van der Waals surface area contributed by atoms with Crippen LogP contribution in [0.15, 0.2) is 16.9 Å². The lowest BCUT2D eigenvalue weighted by Crippen LogP contribution is -2.48. The van der Waals surface area contributed by atoms with E-state index < -0.39 is 29.8 Å². The number of nitrogens with zero attached hydrogens (tertiary/aromatic N) is 1. The Morgan fingerprint density at radius 3 is 2.77 bits per heavy atom. The summed E-state index contributed by atoms with van der Waals surface area (Å²) in [6, 6.07) is 2.49. The van der Waals surface area contributed by atoms with E-state index in [1.807, 2.05) is 0 Å². The fourth-order valence-electron chi connectivity index (χ4n) is 3.73. The van der Waals surface area contributed by atoms with Crippen LogP contribution >= 0.6 is 24.2 Å². The van der Waals surface area contributed by atoms with Gasteiger partial charge in [0.15, 0.2) is 0 Å². The maximum absolute atomic E-state index is 14.5. The van der Waals surface area contributed by atoms with Gasteiger partial charge in [-0.2, -0.15) is 11.8 Å². The summed E-state index contributed by atoms with van der Waals surface area (Å²) < 4.78 is 53.3. The second-order valence-electron chi connectivity index (χ2n) is 7.67. The van der Waals surface area contributed by atoms with Crippen LogP contribution < -0.4 is 15.6 Å². The summed E-state index contributed by atoms with van der Waals surface area (Å²) in [5.74, 6) is -3.57. The summed E-state index contributed by atoms with van der Waals surface area (Å²) in [6.07, 6.45) is 2.15. The average Bonchev–Trinajstić information content (AvgIpc) is 2.71. The highest BCUT2D eigenvalue weighted by atomic mass is 35.5. The van der Waals surface area contributed by atoms with Gasteiger partial charge in [-0.05, 0) is 25.8 Å². The van der Waals surface area contributed by atoms with Crippen LogP contribution in [0.2, 0.25) is 0 Å². The van der Waals surface area contributed by atoms with Crippen molar-refractivity contribution in [3.05, 3.63) is 34.1 Å². The number of ether oxygens (including phenoxy) is 2. The van der Waals surface area contributed by atoms with Gasteiger partial charge in [-0.25, -0.2) is 18.2 Å². The van der Waals surface area contributed by atoms with E-state index >= 15 is 0 Å². The van der Waals surface area contributed by atoms with Gasteiger partial charge in [-0.15, -0.1) is 12.4 Å². The molecule has 0 radical (unpaired) electrons. The molecular weight excluding hydrogens is 455 g/mol. The van der Waals surface area contributed by atoms with Gasteiger partial charge in [0, 0.05) is 30.6 Å². The van der Waals surface area contributed by atoms with Crippen molar-refractivity contribution in [3.63, 3.8) is 0 Å². The average molecular weight is 480 g/mol. The first-order valence-corrected chi connectivity index (χ1v) is 11.1. The topological polar surface area (TPSA) is 76.2 Å². The molecular formula is C20H25ClF3N3O3S. The van der Waals surface area contributed by atoms with Crippen molar-refractivity contribution in [3.8, 4) is 5.75 Å². The highest BCUT2D eigenvalue weighted by Crippen LogP contribution is 2.31. The van der Waals surface area contributed by atoms with E-state index in [9.17, 15) is 18.0 Å². The lowest BCUT2D eigenvalue weighted by Gasteiger charge is -2.31. The Bertz CT molecular complexity index is 956. The van der Waals surface area contributed by atoms with Gasteiger partial charge in [0.25, 0.3) is 11.5 Å². The molecule has 1 atom stereocenters. The minimum Gasteiger partial charge on any atom is -0.493 e. The van der Waals surface area contributed by atoms with Crippen molar-refractivity contribution < 1.29 is 22.6 Å². The van der Waals surface area contributed by atoms with Crippen LogP contribution in [-0.4, -0.2) is 54.1 Å². The number of rotatable bonds is 6. The van der Waals surface area contributed by atoms with Crippen LogP contribution in [-0.2, 0) is 10.5 Å². The third-order valence-electron chi connectivity index (χ3n) is 5.49. The fraction of sp³-hybridized carbons (Fsp3) is 0.600. The summed E-state index contributed by atoms with van der Waals surface area (Å²) in [5.41, 5.74) is -0.398. The summed E-state index contributed by atoms with van der Waals surface area (Å²) in [7, 11) is 0. The highest BCUT2D eigenvalue weighted by molar-refractivity contribution is 7.99. The van der Waals surface area contributed by atoms with E-state index in [2.05, 4.69) is 15.3 Å². The number of piperidine rings is 1. The maximum Gasteiger partial charge on any atom is 0.266 e. The third-order valence-corrected chi connectivity index (χ3v) is 6.87. The monoisotopic (exact) mass is 479 g/mol. The Morgan fingerprint density at radius 2 is 2.03 bits per heavy atom. The number of hydrogen-bond acceptors (Lipinski definition) is 6. The quantitative estimate of drug-likeness (QED) is 0.660. The van der Waals surface area contributed by atoms with E-state index in [1.54, 1.807) is 11.8 Å². The molecule has 2 fully saturated rings. The largest absolute Gasteiger partial charge is 0.493 e. The van der Waals surface area contributed by atoms with Crippen molar-refractivity contribution in [1.29, 1.82) is 0 Å². The van der Waals surface area contributed by atoms with E-state index in [0.29, 0.717) is 23.4 Å². The summed E-state index contributed by atoms with van der Waals surface area (Å²) >= 11 is 1.68. The number of alkyl halides is 2. The molecule has 6 nitrogen and oxygen atoms in total. The molecule has 172 valence electrons. The van der Waals surface area contributed by atoms with Gasteiger partial charge >= 0.3 is 0 Å². The van der Waals surface area contributed by atoms with Gasteiger partial charge in [0.2, 0.25) is 0 Å². The lowest BCUT2D eigenvalue weighted by atomic mass is 9.95. The Hall–Kier alpha value is -1.49. The highest BCUT2D eigenvalue weighted by Gasteiger charge is 2.41. The molecule has 0 spiro atoms. The number of aromatic amines is 1. The van der Waals surface area contributed by atoms with Crippen LogP contribution in [0.4, 0.5) is 13.2 Å². The van der Waals surface area contributed by atoms with Crippen molar-refractivity contribution in [2.45, 2.75) is 36.2 Å². The minimum atomic E-state index is -2.88. The molecule has 3 heterocycles. The van der Waals surface area contributed by atoms with Gasteiger partial charge < -0.3 is 19.8 Å². The summed E-state index contributed by atoms with van der Waals surface area (Å²) in [5, 5.41) is 2.93. The van der Waals surface area contributed by atoms with E-state index in [4.69, 9.17) is 9.47 Å². The van der Waals surface area contributed by atoms with E-state index in [-0.39, 0.29) is 42.1 Å². The van der Waals surface area contributed by atoms with E-state index in [0.717, 1.165) is 32.1 Å². The Balaban J connectivity index is 0.00000272. The lowest BCUT2D eigenvalue weighted by molar-refractivity contribution is -0.0863. The molecule has 11 heteroatoms. The maximum atomic E-state index is 14.5. The predicted octanol–water partition coefficient (Wildman–Crippen LogP) is 3.52. The zero-order valence-electron chi connectivity index (χ0n) is 16.8. The van der Waals surface area contributed by atoms with Crippen LogP contribution in [0.3, 0.4) is 0 Å². The molecule has 0 amide bonds. The predicted molar refractivity (Wildman–Crippen MR) is 116 cm³/mol. The molecule has 1 aromatic carbocycles. The van der Waals surface area contributed by atoms with Crippen LogP contribution in [0.5, 0.6) is 5.75 Å². The number of halogens is 4. The Morgan fingerprint density at radius 1 is 1.26 bits per heavy atom. The number of fused-ring (bicyclic) bond motifs is 1. The first-order chi connectivity index (χ1) is 14.4. The van der Waals surface area contributed by atoms with Crippen molar-refractivity contribution in [1.82, 2.24) is 15.3 Å². The van der Waals surface area contributed by atoms with Crippen molar-refractivity contribution >= 4 is 35.1 Å². The van der Waals surface area contributed by atoms with Crippen LogP contribution in [0.1, 0.15) is 25.1 Å². The van der Waals surface area contributed by atoms with Crippen molar-refractivity contribution in [2.24, 2.45) is 5.92 Å². The van der Waals surface area contributed by atoms with Gasteiger partial charge in [0.1, 0.15) is 22.8 Å². The molecule has 0 saturated carbocycles. The molecule has 2 saturated heterocycles. The van der Waals surface area contributed by atoms with Gasteiger partial charge in [-0.3, -0.25) is 4.79 Å². The van der Waals surface area contributed by atoms with Crippen molar-refractivity contribution in [2.75, 3.05) is 32.9 Å². The zero-order chi connectivity index (χ0) is 21.1. The summed E-state index contributed by atoms with van der Waals surface area (Å²) in [4.78, 5) is 19.4. The van der Waals surface area contributed by atoms with E-state index in [1.165, 1.54) is 6.07 Å². The van der Waals surface area contributed by atoms with Crippen LogP contribution in [0.25, 0.3) is 10.9 Å². The standard InChI is InChI=1S/C20H24F3N3O3S.ClH/c21-15-7-13(29-9-12-1-4-24-11-20(12,22)23)8-16-18(15)19(27)26-17(25-16)10-30-14-2-5-28-6-3-14;/h7-8,12,14,24H,1-6,9-11H2,(H,25,26,27);1H. The normalized spacial score (nSPS) is 21.6. The first-order valence-electron chi connectivity index (χ1n) is 10.1. The SMILES string of the molecule is Cl.O=c1[nH]c(CSC2CCOCC2)nc2cc(OCC3CCNCC3(F)F)cc(F)c12. The summed E-state index contributed by atoms with van der Waals surface area (Å²) in [6.45, 7) is 1.32. The third kappa shape index (κ3) is 5.85. The minimum absolute atomic E-state index is 0. The fourth-order valence-corrected chi connectivity index (χ4v) is 4.78. The molecule has 4 rings (SSSR count). The Labute approximate surface area is 188 Å². The number of H-pyrrole nitrogens is 1. The molecule has 1 aromatic heterocycles. The molecule has 2 aliphatic rings. The number of thioether (sulfide) groups is 1. The number of aromatic nitrogens is 2. The smallest absolute Gasteiger partial charge is 0.266 e. The molecule has 0 bridgehead atoms. The second-order valence-corrected chi connectivity index (χ2v) is 8.96. The van der Waals surface area contributed by atoms with Gasteiger partial charge in [-0.1, -0.05) is 0 Å². The number of nitrogens with one attached hydrogen (secondary N) is 2. The second kappa shape index (κ2) is 10.4. The number of hydrogen-bond donors (Lipinski definition) is 2. The van der Waals surface area contributed by atoms with Crippen LogP contribution in [0, 0.1) is 11.7 Å². The zero-order valence-corrected chi connectivity index (χ0v) is 18.4.